The summed E-state index contributed by atoms with van der Waals surface area (Å²) in [5, 5.41) is 11.6. The first-order valence-electron chi connectivity index (χ1n) is 12.9. The molecule has 1 saturated heterocycles. The van der Waals surface area contributed by atoms with Crippen molar-refractivity contribution in [2.45, 2.75) is 25.4 Å². The molecule has 0 bridgehead atoms. The largest absolute Gasteiger partial charge is 0.490 e. The Balaban J connectivity index is 1.04. The van der Waals surface area contributed by atoms with E-state index in [9.17, 15) is 9.90 Å². The molecule has 0 aliphatic carbocycles. The second kappa shape index (κ2) is 10.3. The number of carbonyl (C=O) groups excluding carboxylic acids is 1. The summed E-state index contributed by atoms with van der Waals surface area (Å²) >= 11 is 0. The zero-order valence-electron chi connectivity index (χ0n) is 20.7. The Kier molecular flexibility index (Phi) is 6.60. The number of fused-ring (bicyclic) bond motifs is 3. The minimum atomic E-state index is -0.617. The molecular formula is C31H30N2O4. The molecule has 2 aliphatic heterocycles. The molecule has 37 heavy (non-hydrogen) atoms. The number of hydrogen-bond acceptors (Lipinski definition) is 6. The van der Waals surface area contributed by atoms with Crippen molar-refractivity contribution in [2.75, 3.05) is 26.2 Å². The number of pyridine rings is 1. The highest BCUT2D eigenvalue weighted by atomic mass is 16.5. The minimum Gasteiger partial charge on any atom is -0.490 e. The normalized spacial score (nSPS) is 16.5. The van der Waals surface area contributed by atoms with Crippen LogP contribution in [0.1, 0.15) is 34.3 Å². The molecule has 1 N–H and O–H groups in total. The average molecular weight is 495 g/mol. The van der Waals surface area contributed by atoms with Gasteiger partial charge >= 0.3 is 0 Å². The molecule has 3 aromatic carbocycles. The number of rotatable bonds is 7. The third kappa shape index (κ3) is 4.95. The van der Waals surface area contributed by atoms with E-state index in [1.807, 2.05) is 66.7 Å². The van der Waals surface area contributed by atoms with Gasteiger partial charge in [0.25, 0.3) is 0 Å². The van der Waals surface area contributed by atoms with Gasteiger partial charge in [0.05, 0.1) is 11.1 Å². The van der Waals surface area contributed by atoms with Gasteiger partial charge in [-0.25, -0.2) is 0 Å². The molecule has 1 atom stereocenters. The lowest BCUT2D eigenvalue weighted by atomic mass is 9.86. The quantitative estimate of drug-likeness (QED) is 0.311. The first-order chi connectivity index (χ1) is 18.2. The fourth-order valence-corrected chi connectivity index (χ4v) is 5.44. The van der Waals surface area contributed by atoms with Crippen molar-refractivity contribution >= 4 is 16.7 Å². The fourth-order valence-electron chi connectivity index (χ4n) is 5.44. The first kappa shape index (κ1) is 23.6. The number of β-amino-alcohol motifs (C(OH)–C–C–N with tert-alkyl or cyclic N) is 1. The number of para-hydroxylation sites is 2. The predicted octanol–water partition coefficient (Wildman–Crippen LogP) is 5.27. The number of aromatic nitrogens is 1. The van der Waals surface area contributed by atoms with Crippen molar-refractivity contribution in [2.24, 2.45) is 5.92 Å². The van der Waals surface area contributed by atoms with Crippen molar-refractivity contribution in [1.82, 2.24) is 9.88 Å². The Morgan fingerprint density at radius 2 is 1.81 bits per heavy atom. The van der Waals surface area contributed by atoms with Crippen molar-refractivity contribution in [3.63, 3.8) is 0 Å². The zero-order valence-corrected chi connectivity index (χ0v) is 20.7. The lowest BCUT2D eigenvalue weighted by Crippen LogP contribution is -2.42. The smallest absolute Gasteiger partial charge is 0.169 e. The van der Waals surface area contributed by atoms with Crippen LogP contribution >= 0.6 is 0 Å². The van der Waals surface area contributed by atoms with Crippen LogP contribution in [0.5, 0.6) is 17.2 Å². The van der Waals surface area contributed by atoms with E-state index in [0.29, 0.717) is 17.9 Å². The van der Waals surface area contributed by atoms with Crippen LogP contribution in [0.2, 0.25) is 0 Å². The van der Waals surface area contributed by atoms with Gasteiger partial charge in [-0.2, -0.15) is 0 Å². The minimum absolute atomic E-state index is 0.0416. The van der Waals surface area contributed by atoms with Gasteiger partial charge in [0.15, 0.2) is 5.78 Å². The van der Waals surface area contributed by atoms with E-state index in [2.05, 4.69) is 16.0 Å². The zero-order chi connectivity index (χ0) is 25.2. The van der Waals surface area contributed by atoms with Gasteiger partial charge in [-0.1, -0.05) is 36.4 Å². The Hall–Kier alpha value is -3.74. The van der Waals surface area contributed by atoms with Gasteiger partial charge in [-0.3, -0.25) is 9.78 Å². The van der Waals surface area contributed by atoms with E-state index in [0.717, 1.165) is 65.9 Å². The molecule has 0 saturated carbocycles. The monoisotopic (exact) mass is 494 g/mol. The molecular weight excluding hydrogens is 464 g/mol. The van der Waals surface area contributed by atoms with Gasteiger partial charge in [0.2, 0.25) is 0 Å². The standard InChI is InChI=1S/C31H30N2O4/c34-24(20-36-29-12-4-10-27-25(29)9-5-15-32-27)19-33-16-13-21(14-17-33)30(35)26-8-3-7-23-18-22-6-1-2-11-28(22)37-31(23)26/h1-12,15,21,24,34H,13-14,16-20H2. The number of ether oxygens (including phenoxy) is 2. The van der Waals surface area contributed by atoms with Gasteiger partial charge < -0.3 is 19.5 Å². The number of aliphatic hydroxyl groups is 1. The van der Waals surface area contributed by atoms with Crippen molar-refractivity contribution in [1.29, 1.82) is 0 Å². The highest BCUT2D eigenvalue weighted by Crippen LogP contribution is 2.40. The van der Waals surface area contributed by atoms with Gasteiger partial charge in [0.1, 0.15) is 30.0 Å². The lowest BCUT2D eigenvalue weighted by molar-refractivity contribution is 0.0527. The molecule has 188 valence electrons. The van der Waals surface area contributed by atoms with E-state index in [-0.39, 0.29) is 18.3 Å². The number of hydrogen-bond donors (Lipinski definition) is 1. The van der Waals surface area contributed by atoms with E-state index >= 15 is 0 Å². The van der Waals surface area contributed by atoms with Gasteiger partial charge in [-0.05, 0) is 67.9 Å². The van der Waals surface area contributed by atoms with E-state index in [1.165, 1.54) is 0 Å². The SMILES string of the molecule is O=C(c1cccc2c1Oc1ccccc1C2)C1CCN(CC(O)COc2cccc3ncccc23)CC1. The molecule has 3 heterocycles. The van der Waals surface area contributed by atoms with Crippen LogP contribution in [0, 0.1) is 5.92 Å². The molecule has 1 unspecified atom stereocenters. The van der Waals surface area contributed by atoms with Crippen LogP contribution in [-0.4, -0.2) is 53.1 Å². The maximum atomic E-state index is 13.5. The Morgan fingerprint density at radius 1 is 1.00 bits per heavy atom. The summed E-state index contributed by atoms with van der Waals surface area (Å²) in [7, 11) is 0. The van der Waals surface area contributed by atoms with Gasteiger partial charge in [-0.15, -0.1) is 0 Å². The number of likely N-dealkylation sites (tertiary alicyclic amines) is 1. The van der Waals surface area contributed by atoms with Crippen molar-refractivity contribution in [3.05, 3.63) is 95.7 Å². The molecule has 6 heteroatoms. The number of benzene rings is 3. The van der Waals surface area contributed by atoms with E-state index in [4.69, 9.17) is 9.47 Å². The summed E-state index contributed by atoms with van der Waals surface area (Å²) in [6.07, 6.45) is 3.45. The third-order valence-corrected chi connectivity index (χ3v) is 7.39. The Labute approximate surface area is 216 Å². The maximum Gasteiger partial charge on any atom is 0.169 e. The Morgan fingerprint density at radius 3 is 2.70 bits per heavy atom. The highest BCUT2D eigenvalue weighted by Gasteiger charge is 2.30. The van der Waals surface area contributed by atoms with E-state index < -0.39 is 6.10 Å². The second-order valence-electron chi connectivity index (χ2n) is 9.91. The molecule has 0 amide bonds. The van der Waals surface area contributed by atoms with Crippen LogP contribution in [0.15, 0.2) is 79.0 Å². The van der Waals surface area contributed by atoms with Gasteiger partial charge in [0, 0.05) is 36.0 Å². The molecule has 1 aromatic heterocycles. The lowest BCUT2D eigenvalue weighted by Gasteiger charge is -2.33. The number of aliphatic hydroxyl groups excluding tert-OH is 1. The van der Waals surface area contributed by atoms with Crippen LogP contribution in [0.3, 0.4) is 0 Å². The van der Waals surface area contributed by atoms with Crippen molar-refractivity contribution < 1.29 is 19.4 Å². The molecule has 2 aliphatic rings. The first-order valence-corrected chi connectivity index (χ1v) is 12.9. The summed E-state index contributed by atoms with van der Waals surface area (Å²) < 4.78 is 12.1. The molecule has 6 nitrogen and oxygen atoms in total. The van der Waals surface area contributed by atoms with Crippen LogP contribution < -0.4 is 9.47 Å². The summed E-state index contributed by atoms with van der Waals surface area (Å²) in [6.45, 7) is 2.27. The summed E-state index contributed by atoms with van der Waals surface area (Å²) in [6, 6.07) is 23.5. The third-order valence-electron chi connectivity index (χ3n) is 7.39. The molecule has 4 aromatic rings. The molecule has 0 spiro atoms. The summed E-state index contributed by atoms with van der Waals surface area (Å²) in [5.41, 5.74) is 3.76. The summed E-state index contributed by atoms with van der Waals surface area (Å²) in [4.78, 5) is 20.1. The number of carbonyl (C=O) groups is 1. The maximum absolute atomic E-state index is 13.5. The summed E-state index contributed by atoms with van der Waals surface area (Å²) in [5.74, 6) is 2.39. The topological polar surface area (TPSA) is 71.9 Å². The van der Waals surface area contributed by atoms with Crippen LogP contribution in [0.25, 0.3) is 10.9 Å². The van der Waals surface area contributed by atoms with Crippen molar-refractivity contribution in [3.8, 4) is 17.2 Å². The van der Waals surface area contributed by atoms with Crippen LogP contribution in [-0.2, 0) is 6.42 Å². The predicted molar refractivity (Wildman–Crippen MR) is 143 cm³/mol. The van der Waals surface area contributed by atoms with E-state index in [1.54, 1.807) is 6.20 Å². The number of nitrogens with zero attached hydrogens (tertiary/aromatic N) is 2. The average Bonchev–Trinajstić information content (AvgIpc) is 2.94. The Bertz CT molecular complexity index is 1420. The number of ketones is 1. The number of piperidine rings is 1. The number of Topliss-reactive ketones (excluding diaryl/α,β-unsaturated/α-hetero) is 1. The molecule has 0 radical (unpaired) electrons. The highest BCUT2D eigenvalue weighted by molar-refractivity contribution is 6.01. The second-order valence-corrected chi connectivity index (χ2v) is 9.91. The molecule has 6 rings (SSSR count). The fraction of sp³-hybridized carbons (Fsp3) is 0.290. The van der Waals surface area contributed by atoms with Crippen LogP contribution in [0.4, 0.5) is 0 Å². The molecule has 1 fully saturated rings.